The van der Waals surface area contributed by atoms with Crippen molar-refractivity contribution >= 4 is 28.3 Å². The first-order valence-electron chi connectivity index (χ1n) is 10.7. The molecule has 6 heteroatoms. The van der Waals surface area contributed by atoms with E-state index in [2.05, 4.69) is 9.88 Å². The van der Waals surface area contributed by atoms with Gasteiger partial charge in [0.1, 0.15) is 11.3 Å². The molecule has 0 saturated carbocycles. The standard InChI is InChI=1S/C25H26N2O4/c1-3-31-25(29)18-10-7-13-27(16-18)23-20-14-19(30-2)11-12-22(20)26-15-21(23)24(28)17-8-5-4-6-9-17/h4-6,8-9,11-12,14-15,18H,3,7,10,13,16H2,1-2H3/p+1/t18-/m0/s1. The Hall–Kier alpha value is -3.41. The SMILES string of the molecule is CCOC(=O)[C@H]1CCCN(c2c(C(=O)c3ccccc3)c[nH+]c3ccc(OC)cc23)C1. The van der Waals surface area contributed by atoms with Gasteiger partial charge in [0.15, 0.2) is 6.20 Å². The molecular weight excluding hydrogens is 392 g/mol. The van der Waals surface area contributed by atoms with Crippen LogP contribution >= 0.6 is 0 Å². The highest BCUT2D eigenvalue weighted by molar-refractivity contribution is 6.15. The molecule has 160 valence electrons. The van der Waals surface area contributed by atoms with Gasteiger partial charge in [-0.15, -0.1) is 0 Å². The summed E-state index contributed by atoms with van der Waals surface area (Å²) in [5, 5.41) is 0.894. The first-order valence-corrected chi connectivity index (χ1v) is 10.7. The van der Waals surface area contributed by atoms with E-state index >= 15 is 0 Å². The normalized spacial score (nSPS) is 16.2. The Bertz CT molecular complexity index is 1100. The molecule has 1 aromatic heterocycles. The maximum Gasteiger partial charge on any atom is 0.310 e. The van der Waals surface area contributed by atoms with E-state index in [9.17, 15) is 9.59 Å². The van der Waals surface area contributed by atoms with Crippen molar-refractivity contribution in [3.05, 3.63) is 65.9 Å². The number of fused-ring (bicyclic) bond motifs is 1. The van der Waals surface area contributed by atoms with Crippen LogP contribution in [0.3, 0.4) is 0 Å². The highest BCUT2D eigenvalue weighted by Crippen LogP contribution is 2.35. The Balaban J connectivity index is 1.84. The highest BCUT2D eigenvalue weighted by Gasteiger charge is 2.31. The van der Waals surface area contributed by atoms with Gasteiger partial charge in [-0.25, -0.2) is 4.98 Å². The number of methoxy groups -OCH3 is 1. The molecule has 0 radical (unpaired) electrons. The fraction of sp³-hybridized carbons (Fsp3) is 0.320. The second-order valence-corrected chi connectivity index (χ2v) is 7.69. The molecule has 1 N–H and O–H groups in total. The van der Waals surface area contributed by atoms with E-state index in [4.69, 9.17) is 9.47 Å². The molecular formula is C25H27N2O4+. The molecule has 0 aliphatic carbocycles. The van der Waals surface area contributed by atoms with Gasteiger partial charge in [0.05, 0.1) is 30.7 Å². The monoisotopic (exact) mass is 419 g/mol. The van der Waals surface area contributed by atoms with Crippen molar-refractivity contribution in [3.63, 3.8) is 0 Å². The lowest BCUT2D eigenvalue weighted by atomic mass is 9.94. The number of carbonyl (C=O) groups excluding carboxylic acids is 2. The summed E-state index contributed by atoms with van der Waals surface area (Å²) in [6, 6.07) is 15.0. The molecule has 1 aliphatic heterocycles. The second kappa shape index (κ2) is 9.16. The van der Waals surface area contributed by atoms with Crippen LogP contribution in [0, 0.1) is 5.92 Å². The number of nitrogens with zero attached hydrogens (tertiary/aromatic N) is 1. The zero-order chi connectivity index (χ0) is 21.8. The number of hydrogen-bond acceptors (Lipinski definition) is 5. The van der Waals surface area contributed by atoms with Crippen LogP contribution < -0.4 is 14.6 Å². The minimum absolute atomic E-state index is 0.0603. The van der Waals surface area contributed by atoms with Gasteiger partial charge in [0.25, 0.3) is 0 Å². The van der Waals surface area contributed by atoms with Crippen molar-refractivity contribution in [2.75, 3.05) is 31.7 Å². The van der Waals surface area contributed by atoms with Gasteiger partial charge in [-0.3, -0.25) is 9.59 Å². The van der Waals surface area contributed by atoms with Gasteiger partial charge in [0, 0.05) is 24.7 Å². The third kappa shape index (κ3) is 4.24. The average molecular weight is 420 g/mol. The molecule has 1 atom stereocenters. The quantitative estimate of drug-likeness (QED) is 0.450. The maximum absolute atomic E-state index is 13.5. The van der Waals surface area contributed by atoms with Crippen molar-refractivity contribution in [2.45, 2.75) is 19.8 Å². The fourth-order valence-corrected chi connectivity index (χ4v) is 4.23. The van der Waals surface area contributed by atoms with E-state index in [1.165, 1.54) is 0 Å². The number of esters is 1. The zero-order valence-corrected chi connectivity index (χ0v) is 17.9. The number of anilines is 1. The lowest BCUT2D eigenvalue weighted by Crippen LogP contribution is -2.40. The molecule has 4 rings (SSSR count). The molecule has 1 fully saturated rings. The number of ether oxygens (including phenoxy) is 2. The van der Waals surface area contributed by atoms with Gasteiger partial charge < -0.3 is 14.4 Å². The molecule has 1 aliphatic rings. The number of piperidine rings is 1. The number of pyridine rings is 1. The van der Waals surface area contributed by atoms with Crippen LogP contribution in [0.2, 0.25) is 0 Å². The van der Waals surface area contributed by atoms with Crippen molar-refractivity contribution in [2.24, 2.45) is 5.92 Å². The molecule has 31 heavy (non-hydrogen) atoms. The summed E-state index contributed by atoms with van der Waals surface area (Å²) in [5.41, 5.74) is 2.93. The van der Waals surface area contributed by atoms with Gasteiger partial charge in [-0.2, -0.15) is 0 Å². The molecule has 0 bridgehead atoms. The van der Waals surface area contributed by atoms with Crippen LogP contribution in [0.25, 0.3) is 10.9 Å². The van der Waals surface area contributed by atoms with Crippen molar-refractivity contribution in [1.82, 2.24) is 0 Å². The van der Waals surface area contributed by atoms with E-state index in [1.54, 1.807) is 13.3 Å². The highest BCUT2D eigenvalue weighted by atomic mass is 16.5. The van der Waals surface area contributed by atoms with E-state index in [-0.39, 0.29) is 17.7 Å². The van der Waals surface area contributed by atoms with Gasteiger partial charge in [0.2, 0.25) is 11.3 Å². The molecule has 0 unspecified atom stereocenters. The first-order chi connectivity index (χ1) is 15.1. The minimum Gasteiger partial charge on any atom is -0.497 e. The van der Waals surface area contributed by atoms with Crippen molar-refractivity contribution in [1.29, 1.82) is 0 Å². The number of nitrogens with one attached hydrogen (secondary N) is 1. The van der Waals surface area contributed by atoms with Crippen LogP contribution in [-0.4, -0.2) is 38.6 Å². The van der Waals surface area contributed by atoms with Gasteiger partial charge >= 0.3 is 5.97 Å². The smallest absolute Gasteiger partial charge is 0.310 e. The number of aromatic nitrogens is 1. The fourth-order valence-electron chi connectivity index (χ4n) is 4.23. The summed E-state index contributed by atoms with van der Waals surface area (Å²) in [6.07, 6.45) is 3.41. The third-order valence-corrected chi connectivity index (χ3v) is 5.75. The summed E-state index contributed by atoms with van der Waals surface area (Å²) in [4.78, 5) is 31.3. The molecule has 3 aromatic rings. The molecule has 1 saturated heterocycles. The Morgan fingerprint density at radius 2 is 1.97 bits per heavy atom. The van der Waals surface area contributed by atoms with Crippen LogP contribution in [0.5, 0.6) is 5.75 Å². The Kier molecular flexibility index (Phi) is 6.16. The lowest BCUT2D eigenvalue weighted by molar-refractivity contribution is -0.344. The number of benzene rings is 2. The number of aromatic amines is 1. The second-order valence-electron chi connectivity index (χ2n) is 7.69. The number of carbonyl (C=O) groups is 2. The number of H-pyrrole nitrogens is 1. The lowest BCUT2D eigenvalue weighted by Gasteiger charge is -2.34. The predicted molar refractivity (Wildman–Crippen MR) is 119 cm³/mol. The largest absolute Gasteiger partial charge is 0.497 e. The average Bonchev–Trinajstić information content (AvgIpc) is 2.83. The van der Waals surface area contributed by atoms with Crippen LogP contribution in [0.15, 0.2) is 54.7 Å². The Morgan fingerprint density at radius 1 is 1.16 bits per heavy atom. The van der Waals surface area contributed by atoms with Crippen molar-refractivity contribution < 1.29 is 24.0 Å². The Morgan fingerprint density at radius 3 is 2.71 bits per heavy atom. The molecule has 0 spiro atoms. The van der Waals surface area contributed by atoms with Gasteiger partial charge in [-0.1, -0.05) is 30.3 Å². The topological polar surface area (TPSA) is 70.0 Å². The van der Waals surface area contributed by atoms with Crippen molar-refractivity contribution in [3.8, 4) is 5.75 Å². The number of rotatable bonds is 6. The minimum atomic E-state index is -0.210. The maximum atomic E-state index is 13.5. The molecule has 0 amide bonds. The van der Waals surface area contributed by atoms with E-state index < -0.39 is 0 Å². The first kappa shape index (κ1) is 20.8. The summed E-state index contributed by atoms with van der Waals surface area (Å²) in [6.45, 7) is 3.47. The summed E-state index contributed by atoms with van der Waals surface area (Å²) in [5.74, 6) is 0.269. The van der Waals surface area contributed by atoms with E-state index in [0.29, 0.717) is 30.0 Å². The van der Waals surface area contributed by atoms with E-state index in [1.807, 2.05) is 55.5 Å². The summed E-state index contributed by atoms with van der Waals surface area (Å²) < 4.78 is 10.7. The molecule has 2 heterocycles. The molecule has 2 aromatic carbocycles. The summed E-state index contributed by atoms with van der Waals surface area (Å²) >= 11 is 0. The summed E-state index contributed by atoms with van der Waals surface area (Å²) in [7, 11) is 1.63. The third-order valence-electron chi connectivity index (χ3n) is 5.75. The van der Waals surface area contributed by atoms with Crippen LogP contribution in [-0.2, 0) is 9.53 Å². The Labute approximate surface area is 181 Å². The van der Waals surface area contributed by atoms with Gasteiger partial charge in [-0.05, 0) is 31.9 Å². The van der Waals surface area contributed by atoms with Crippen LogP contribution in [0.4, 0.5) is 5.69 Å². The number of ketones is 1. The number of hydrogen-bond donors (Lipinski definition) is 0. The molecule has 6 nitrogen and oxygen atoms in total. The zero-order valence-electron chi connectivity index (χ0n) is 17.9. The van der Waals surface area contributed by atoms with Crippen LogP contribution in [0.1, 0.15) is 35.7 Å². The van der Waals surface area contributed by atoms with E-state index in [0.717, 1.165) is 36.0 Å². The predicted octanol–water partition coefficient (Wildman–Crippen LogP) is 3.67.